The van der Waals surface area contributed by atoms with Crippen molar-refractivity contribution in [2.45, 2.75) is 33.2 Å². The molecule has 0 spiro atoms. The van der Waals surface area contributed by atoms with Gasteiger partial charge in [0.05, 0.1) is 0 Å². The molecule has 0 aromatic heterocycles. The number of benzene rings is 2. The Kier molecular flexibility index (Phi) is 6.11. The Morgan fingerprint density at radius 2 is 1.62 bits per heavy atom. The topological polar surface area (TPSA) is 98.5 Å². The Hall–Kier alpha value is -3.15. The quantitative estimate of drug-likeness (QED) is 0.613. The maximum atomic E-state index is 12.4. The lowest BCUT2D eigenvalue weighted by molar-refractivity contribution is -0.131. The zero-order valence-corrected chi connectivity index (χ0v) is 15.0. The predicted molar refractivity (Wildman–Crippen MR) is 97.8 cm³/mol. The van der Waals surface area contributed by atoms with E-state index in [0.717, 1.165) is 16.7 Å². The standard InChI is InChI=1S/C20H22N2O4/c1-12-5-4-6-13(2)17(12)11-18(19(21)24)22-20(25)15-7-9-16(10-8-15)26-14(3)23/h4-10,18H,11H2,1-3H3,(H2,21,24)(H,22,25)/t18-/m0/s1. The summed E-state index contributed by atoms with van der Waals surface area (Å²) in [7, 11) is 0. The van der Waals surface area contributed by atoms with E-state index in [1.807, 2.05) is 32.0 Å². The van der Waals surface area contributed by atoms with E-state index in [-0.39, 0.29) is 0 Å². The summed E-state index contributed by atoms with van der Waals surface area (Å²) in [5, 5.41) is 2.67. The molecule has 0 unspecified atom stereocenters. The Bertz CT molecular complexity index is 808. The van der Waals surface area contributed by atoms with Crippen molar-refractivity contribution in [2.75, 3.05) is 0 Å². The van der Waals surface area contributed by atoms with Gasteiger partial charge in [0.15, 0.2) is 0 Å². The number of ether oxygens (including phenoxy) is 1. The molecule has 136 valence electrons. The van der Waals surface area contributed by atoms with Crippen LogP contribution in [0.25, 0.3) is 0 Å². The van der Waals surface area contributed by atoms with Gasteiger partial charge in [-0.1, -0.05) is 18.2 Å². The minimum absolute atomic E-state index is 0.325. The van der Waals surface area contributed by atoms with E-state index in [0.29, 0.717) is 17.7 Å². The van der Waals surface area contributed by atoms with Crippen LogP contribution in [0.2, 0.25) is 0 Å². The minimum Gasteiger partial charge on any atom is -0.427 e. The fourth-order valence-corrected chi connectivity index (χ4v) is 2.68. The highest BCUT2D eigenvalue weighted by Crippen LogP contribution is 2.16. The summed E-state index contributed by atoms with van der Waals surface area (Å²) in [5.74, 6) is -1.12. The van der Waals surface area contributed by atoms with Crippen LogP contribution in [0.3, 0.4) is 0 Å². The molecule has 2 aromatic rings. The third-order valence-corrected chi connectivity index (χ3v) is 4.08. The van der Waals surface area contributed by atoms with Gasteiger partial charge in [-0.05, 0) is 54.8 Å². The van der Waals surface area contributed by atoms with Gasteiger partial charge in [0.25, 0.3) is 5.91 Å². The third-order valence-electron chi connectivity index (χ3n) is 4.08. The van der Waals surface area contributed by atoms with Crippen molar-refractivity contribution in [1.29, 1.82) is 0 Å². The fourth-order valence-electron chi connectivity index (χ4n) is 2.68. The molecule has 26 heavy (non-hydrogen) atoms. The van der Waals surface area contributed by atoms with Crippen LogP contribution >= 0.6 is 0 Å². The van der Waals surface area contributed by atoms with E-state index in [9.17, 15) is 14.4 Å². The summed E-state index contributed by atoms with van der Waals surface area (Å²) in [4.78, 5) is 35.2. The number of hydrogen-bond donors (Lipinski definition) is 2. The third kappa shape index (κ3) is 4.92. The molecule has 3 N–H and O–H groups in total. The molecule has 6 heteroatoms. The molecular formula is C20H22N2O4. The van der Waals surface area contributed by atoms with Crippen LogP contribution in [0, 0.1) is 13.8 Å². The molecule has 0 saturated heterocycles. The van der Waals surface area contributed by atoms with E-state index in [1.165, 1.54) is 31.2 Å². The van der Waals surface area contributed by atoms with Gasteiger partial charge in [-0.2, -0.15) is 0 Å². The first-order valence-corrected chi connectivity index (χ1v) is 8.21. The zero-order chi connectivity index (χ0) is 19.3. The molecule has 2 amide bonds. The minimum atomic E-state index is -0.824. The van der Waals surface area contributed by atoms with Crippen LogP contribution in [0.15, 0.2) is 42.5 Å². The first kappa shape index (κ1) is 19.2. The van der Waals surface area contributed by atoms with Crippen molar-refractivity contribution < 1.29 is 19.1 Å². The van der Waals surface area contributed by atoms with Gasteiger partial charge in [0, 0.05) is 18.9 Å². The Morgan fingerprint density at radius 1 is 1.04 bits per heavy atom. The van der Waals surface area contributed by atoms with E-state index >= 15 is 0 Å². The smallest absolute Gasteiger partial charge is 0.308 e. The van der Waals surface area contributed by atoms with Crippen molar-refractivity contribution in [3.8, 4) is 5.75 Å². The van der Waals surface area contributed by atoms with E-state index < -0.39 is 23.8 Å². The molecular weight excluding hydrogens is 332 g/mol. The number of carbonyl (C=O) groups excluding carboxylic acids is 3. The molecule has 0 aliphatic heterocycles. The van der Waals surface area contributed by atoms with Gasteiger partial charge in [-0.3, -0.25) is 14.4 Å². The zero-order valence-electron chi connectivity index (χ0n) is 15.0. The highest BCUT2D eigenvalue weighted by molar-refractivity contribution is 5.97. The SMILES string of the molecule is CC(=O)Oc1ccc(C(=O)N[C@@H](Cc2c(C)cccc2C)C(N)=O)cc1. The van der Waals surface area contributed by atoms with Crippen molar-refractivity contribution >= 4 is 17.8 Å². The van der Waals surface area contributed by atoms with Crippen LogP contribution in [0.1, 0.15) is 34.0 Å². The van der Waals surface area contributed by atoms with Crippen LogP contribution in [-0.4, -0.2) is 23.8 Å². The summed E-state index contributed by atoms with van der Waals surface area (Å²) < 4.78 is 4.93. The maximum absolute atomic E-state index is 12.4. The Labute approximate surface area is 152 Å². The van der Waals surface area contributed by atoms with E-state index in [4.69, 9.17) is 10.5 Å². The summed E-state index contributed by atoms with van der Waals surface area (Å²) in [5.41, 5.74) is 8.88. The molecule has 1 atom stereocenters. The lowest BCUT2D eigenvalue weighted by atomic mass is 9.96. The summed E-state index contributed by atoms with van der Waals surface area (Å²) >= 11 is 0. The number of nitrogens with one attached hydrogen (secondary N) is 1. The number of rotatable bonds is 6. The molecule has 0 fully saturated rings. The molecule has 6 nitrogen and oxygen atoms in total. The lowest BCUT2D eigenvalue weighted by Gasteiger charge is -2.18. The van der Waals surface area contributed by atoms with E-state index in [1.54, 1.807) is 0 Å². The molecule has 2 rings (SSSR count). The van der Waals surface area contributed by atoms with Crippen molar-refractivity contribution in [1.82, 2.24) is 5.32 Å². The second-order valence-corrected chi connectivity index (χ2v) is 6.12. The van der Waals surface area contributed by atoms with Crippen molar-refractivity contribution in [3.63, 3.8) is 0 Å². The normalized spacial score (nSPS) is 11.5. The predicted octanol–water partition coefficient (Wildman–Crippen LogP) is 2.06. The average molecular weight is 354 g/mol. The molecule has 0 aliphatic rings. The highest BCUT2D eigenvalue weighted by atomic mass is 16.5. The molecule has 0 bridgehead atoms. The number of hydrogen-bond acceptors (Lipinski definition) is 4. The van der Waals surface area contributed by atoms with Gasteiger partial charge in [-0.15, -0.1) is 0 Å². The monoisotopic (exact) mass is 354 g/mol. The van der Waals surface area contributed by atoms with E-state index in [2.05, 4.69) is 5.32 Å². The van der Waals surface area contributed by atoms with Crippen molar-refractivity contribution in [3.05, 3.63) is 64.7 Å². The number of aryl methyl sites for hydroxylation is 2. The summed E-state index contributed by atoms with van der Waals surface area (Å²) in [6.07, 6.45) is 0.325. The van der Waals surface area contributed by atoms with Gasteiger partial charge < -0.3 is 15.8 Å². The van der Waals surface area contributed by atoms with Crippen molar-refractivity contribution in [2.24, 2.45) is 5.73 Å². The molecule has 0 radical (unpaired) electrons. The number of primary amides is 1. The number of nitrogens with two attached hydrogens (primary N) is 1. The van der Waals surface area contributed by atoms with Gasteiger partial charge in [0.1, 0.15) is 11.8 Å². The van der Waals surface area contributed by atoms with Gasteiger partial charge in [-0.25, -0.2) is 0 Å². The molecule has 0 saturated carbocycles. The van der Waals surface area contributed by atoms with Crippen LogP contribution in [-0.2, 0) is 16.0 Å². The second kappa shape index (κ2) is 8.29. The highest BCUT2D eigenvalue weighted by Gasteiger charge is 2.21. The second-order valence-electron chi connectivity index (χ2n) is 6.12. The van der Waals surface area contributed by atoms with Crippen LogP contribution < -0.4 is 15.8 Å². The average Bonchev–Trinajstić information content (AvgIpc) is 2.57. The van der Waals surface area contributed by atoms with Crippen LogP contribution in [0.4, 0.5) is 0 Å². The molecule has 0 aliphatic carbocycles. The Morgan fingerprint density at radius 3 is 2.12 bits per heavy atom. The summed E-state index contributed by atoms with van der Waals surface area (Å²) in [6, 6.07) is 11.1. The first-order chi connectivity index (χ1) is 12.3. The van der Waals surface area contributed by atoms with Gasteiger partial charge >= 0.3 is 5.97 Å². The lowest BCUT2D eigenvalue weighted by Crippen LogP contribution is -2.46. The Balaban J connectivity index is 2.13. The number of amides is 2. The molecule has 0 heterocycles. The summed E-state index contributed by atoms with van der Waals surface area (Å²) in [6.45, 7) is 5.21. The maximum Gasteiger partial charge on any atom is 0.308 e. The first-order valence-electron chi connectivity index (χ1n) is 8.21. The fraction of sp³-hybridized carbons (Fsp3) is 0.250. The number of carbonyl (C=O) groups is 3. The number of esters is 1. The largest absolute Gasteiger partial charge is 0.427 e. The molecule has 2 aromatic carbocycles. The van der Waals surface area contributed by atoms with Gasteiger partial charge in [0.2, 0.25) is 5.91 Å². The van der Waals surface area contributed by atoms with Crippen LogP contribution in [0.5, 0.6) is 5.75 Å².